The van der Waals surface area contributed by atoms with Gasteiger partial charge in [0.05, 0.1) is 7.11 Å². The van der Waals surface area contributed by atoms with Crippen LogP contribution in [0.25, 0.3) is 0 Å². The molecule has 1 saturated carbocycles. The summed E-state index contributed by atoms with van der Waals surface area (Å²) in [6.07, 6.45) is 12.3. The molecular weight excluding hydrogens is 368 g/mol. The molecule has 2 aliphatic carbocycles. The molecule has 1 N–H and O–H groups in total. The first-order chi connectivity index (χ1) is 14.0. The fourth-order valence-electron chi connectivity index (χ4n) is 4.73. The van der Waals surface area contributed by atoms with Gasteiger partial charge in [0.1, 0.15) is 11.6 Å². The van der Waals surface area contributed by atoms with E-state index in [0.29, 0.717) is 12.5 Å². The molecule has 1 aromatic heterocycles. The minimum Gasteiger partial charge on any atom is -0.467 e. The fraction of sp³-hybridized carbons (Fsp3) is 0.696. The summed E-state index contributed by atoms with van der Waals surface area (Å²) in [5.41, 5.74) is 2.18. The number of nitrogens with zero attached hydrogens (tertiary/aromatic N) is 1. The number of carbonyl (C=O) groups is 2. The zero-order valence-corrected chi connectivity index (χ0v) is 17.8. The molecular formula is C23H34N2O4. The van der Waals surface area contributed by atoms with Crippen molar-refractivity contribution < 1.29 is 14.3 Å². The van der Waals surface area contributed by atoms with Gasteiger partial charge in [-0.3, -0.25) is 9.59 Å². The van der Waals surface area contributed by atoms with E-state index in [1.165, 1.54) is 39.2 Å². The first kappa shape index (κ1) is 21.6. The van der Waals surface area contributed by atoms with Gasteiger partial charge in [0.25, 0.3) is 11.5 Å². The second-order valence-corrected chi connectivity index (χ2v) is 8.58. The lowest BCUT2D eigenvalue weighted by atomic mass is 9.88. The number of pyridine rings is 1. The normalized spacial score (nSPS) is 18.8. The molecule has 3 rings (SSSR count). The Labute approximate surface area is 173 Å². The zero-order valence-electron chi connectivity index (χ0n) is 17.8. The molecule has 0 saturated heterocycles. The van der Waals surface area contributed by atoms with E-state index in [9.17, 15) is 14.4 Å². The summed E-state index contributed by atoms with van der Waals surface area (Å²) in [4.78, 5) is 37.9. The van der Waals surface area contributed by atoms with E-state index in [4.69, 9.17) is 0 Å². The van der Waals surface area contributed by atoms with Crippen molar-refractivity contribution in [3.05, 3.63) is 33.2 Å². The van der Waals surface area contributed by atoms with Crippen LogP contribution in [0.2, 0.25) is 0 Å². The molecule has 1 aromatic rings. The highest BCUT2D eigenvalue weighted by Gasteiger charge is 2.25. The zero-order chi connectivity index (χ0) is 20.8. The van der Waals surface area contributed by atoms with Crippen LogP contribution < -0.4 is 10.9 Å². The Balaban J connectivity index is 1.96. The molecule has 1 amide bonds. The maximum Gasteiger partial charge on any atom is 0.328 e. The van der Waals surface area contributed by atoms with Crippen LogP contribution in [0.1, 0.15) is 86.3 Å². The van der Waals surface area contributed by atoms with Crippen molar-refractivity contribution in [1.29, 1.82) is 0 Å². The molecule has 29 heavy (non-hydrogen) atoms. The van der Waals surface area contributed by atoms with Crippen LogP contribution in [-0.2, 0) is 28.9 Å². The monoisotopic (exact) mass is 402 g/mol. The van der Waals surface area contributed by atoms with Gasteiger partial charge in [-0.1, -0.05) is 32.1 Å². The van der Waals surface area contributed by atoms with E-state index in [-0.39, 0.29) is 11.1 Å². The lowest BCUT2D eigenvalue weighted by Crippen LogP contribution is -2.43. The highest BCUT2D eigenvalue weighted by atomic mass is 16.5. The number of rotatable bonds is 5. The summed E-state index contributed by atoms with van der Waals surface area (Å²) in [6.45, 7) is 2.27. The van der Waals surface area contributed by atoms with Crippen LogP contribution in [0.4, 0.5) is 0 Å². The summed E-state index contributed by atoms with van der Waals surface area (Å²) >= 11 is 0. The second kappa shape index (κ2) is 10.1. The molecule has 0 aromatic carbocycles. The number of nitrogens with one attached hydrogen (secondary N) is 1. The van der Waals surface area contributed by atoms with E-state index in [1.54, 1.807) is 13.0 Å². The minimum atomic E-state index is -0.791. The molecule has 2 aliphatic rings. The largest absolute Gasteiger partial charge is 0.467 e. The Morgan fingerprint density at radius 2 is 1.76 bits per heavy atom. The molecule has 1 heterocycles. The van der Waals surface area contributed by atoms with E-state index in [1.807, 2.05) is 4.57 Å². The Kier molecular flexibility index (Phi) is 7.51. The SMILES string of the molecule is COC(=O)[C@@H](C)NC(=O)c1cc2c(n(CC3CCCCC3)c1=O)CCCCCC2. The second-order valence-electron chi connectivity index (χ2n) is 8.58. The highest BCUT2D eigenvalue weighted by molar-refractivity contribution is 5.96. The number of hydrogen-bond donors (Lipinski definition) is 1. The molecule has 6 nitrogen and oxygen atoms in total. The molecule has 1 fully saturated rings. The van der Waals surface area contributed by atoms with Crippen molar-refractivity contribution in [2.24, 2.45) is 5.92 Å². The van der Waals surface area contributed by atoms with Gasteiger partial charge in [0.15, 0.2) is 0 Å². The summed E-state index contributed by atoms with van der Waals surface area (Å²) in [7, 11) is 1.29. The van der Waals surface area contributed by atoms with E-state index in [2.05, 4.69) is 10.1 Å². The molecule has 0 aliphatic heterocycles. The van der Waals surface area contributed by atoms with Crippen LogP contribution in [0.15, 0.2) is 10.9 Å². The Morgan fingerprint density at radius 1 is 1.10 bits per heavy atom. The number of esters is 1. The number of aryl methyl sites for hydroxylation is 1. The van der Waals surface area contributed by atoms with Gasteiger partial charge in [0.2, 0.25) is 0 Å². The number of carbonyl (C=O) groups excluding carboxylic acids is 2. The van der Waals surface area contributed by atoms with E-state index < -0.39 is 17.9 Å². The topological polar surface area (TPSA) is 77.4 Å². The van der Waals surface area contributed by atoms with Gasteiger partial charge in [-0.15, -0.1) is 0 Å². The van der Waals surface area contributed by atoms with Crippen LogP contribution >= 0.6 is 0 Å². The van der Waals surface area contributed by atoms with Crippen LogP contribution in [-0.4, -0.2) is 29.6 Å². The number of aromatic nitrogens is 1. The molecule has 0 radical (unpaired) electrons. The first-order valence-corrected chi connectivity index (χ1v) is 11.2. The predicted molar refractivity (Wildman–Crippen MR) is 112 cm³/mol. The van der Waals surface area contributed by atoms with Gasteiger partial charge in [0, 0.05) is 12.2 Å². The third-order valence-corrected chi connectivity index (χ3v) is 6.41. The van der Waals surface area contributed by atoms with Gasteiger partial charge in [-0.25, -0.2) is 4.79 Å². The Hall–Kier alpha value is -2.11. The van der Waals surface area contributed by atoms with Crippen molar-refractivity contribution in [2.45, 2.75) is 90.1 Å². The number of methoxy groups -OCH3 is 1. The van der Waals surface area contributed by atoms with Crippen molar-refractivity contribution in [2.75, 3.05) is 7.11 Å². The molecule has 0 unspecified atom stereocenters. The smallest absolute Gasteiger partial charge is 0.328 e. The fourth-order valence-corrected chi connectivity index (χ4v) is 4.73. The van der Waals surface area contributed by atoms with Crippen LogP contribution in [0.5, 0.6) is 0 Å². The summed E-state index contributed by atoms with van der Waals surface area (Å²) in [6, 6.07) is 0.986. The Morgan fingerprint density at radius 3 is 2.45 bits per heavy atom. The number of fused-ring (bicyclic) bond motifs is 1. The van der Waals surface area contributed by atoms with Crippen molar-refractivity contribution in [3.63, 3.8) is 0 Å². The van der Waals surface area contributed by atoms with Crippen LogP contribution in [0, 0.1) is 5.92 Å². The summed E-state index contributed by atoms with van der Waals surface area (Å²) < 4.78 is 6.58. The molecule has 6 heteroatoms. The lowest BCUT2D eigenvalue weighted by Gasteiger charge is -2.26. The maximum absolute atomic E-state index is 13.4. The quantitative estimate of drug-likeness (QED) is 0.766. The third-order valence-electron chi connectivity index (χ3n) is 6.41. The molecule has 0 spiro atoms. The van der Waals surface area contributed by atoms with Gasteiger partial charge < -0.3 is 14.6 Å². The van der Waals surface area contributed by atoms with E-state index >= 15 is 0 Å². The van der Waals surface area contributed by atoms with E-state index in [0.717, 1.165) is 49.8 Å². The predicted octanol–water partition coefficient (Wildman–Crippen LogP) is 3.38. The van der Waals surface area contributed by atoms with Crippen molar-refractivity contribution in [1.82, 2.24) is 9.88 Å². The number of ether oxygens (including phenoxy) is 1. The standard InChI is InChI=1S/C23H34N2O4/c1-16(23(28)29-2)24-21(26)19-14-18-12-8-3-4-9-13-20(18)25(22(19)27)15-17-10-6-5-7-11-17/h14,16-17H,3-13,15H2,1-2H3,(H,24,26)/t16-/m1/s1. The highest BCUT2D eigenvalue weighted by Crippen LogP contribution is 2.27. The Bertz CT molecular complexity index is 793. The van der Waals surface area contributed by atoms with Crippen molar-refractivity contribution >= 4 is 11.9 Å². The lowest BCUT2D eigenvalue weighted by molar-refractivity contribution is -0.142. The van der Waals surface area contributed by atoms with Crippen LogP contribution in [0.3, 0.4) is 0 Å². The van der Waals surface area contributed by atoms with Crippen molar-refractivity contribution in [3.8, 4) is 0 Å². The van der Waals surface area contributed by atoms with Gasteiger partial charge >= 0.3 is 5.97 Å². The average Bonchev–Trinajstić information content (AvgIpc) is 2.71. The summed E-state index contributed by atoms with van der Waals surface area (Å²) in [5, 5.41) is 2.63. The molecule has 1 atom stereocenters. The maximum atomic E-state index is 13.4. The molecule has 160 valence electrons. The third kappa shape index (κ3) is 5.28. The van der Waals surface area contributed by atoms with Gasteiger partial charge in [-0.05, 0) is 63.0 Å². The first-order valence-electron chi connectivity index (χ1n) is 11.2. The van der Waals surface area contributed by atoms with Gasteiger partial charge in [-0.2, -0.15) is 0 Å². The number of hydrogen-bond acceptors (Lipinski definition) is 4. The minimum absolute atomic E-state index is 0.149. The number of amides is 1. The summed E-state index contributed by atoms with van der Waals surface area (Å²) in [5.74, 6) is -0.509. The average molecular weight is 403 g/mol. The molecule has 0 bridgehead atoms.